The van der Waals surface area contributed by atoms with E-state index in [1.54, 1.807) is 46.7 Å². The van der Waals surface area contributed by atoms with E-state index in [-0.39, 0.29) is 5.69 Å². The minimum Gasteiger partial charge on any atom is -0.477 e. The average Bonchev–Trinajstić information content (AvgIpc) is 3.22. The zero-order valence-electron chi connectivity index (χ0n) is 14.9. The predicted molar refractivity (Wildman–Crippen MR) is 107 cm³/mol. The first-order valence-electron chi connectivity index (χ1n) is 8.26. The van der Waals surface area contributed by atoms with Gasteiger partial charge in [-0.1, -0.05) is 11.6 Å². The monoisotopic (exact) mass is 414 g/mol. The highest BCUT2D eigenvalue weighted by Crippen LogP contribution is 2.28. The Kier molecular flexibility index (Phi) is 4.48. The summed E-state index contributed by atoms with van der Waals surface area (Å²) >= 11 is 7.51. The summed E-state index contributed by atoms with van der Waals surface area (Å²) in [6.45, 7) is 3.88. The molecule has 0 amide bonds. The minimum absolute atomic E-state index is 0.173. The predicted octanol–water partition coefficient (Wildman–Crippen LogP) is 3.95. The summed E-state index contributed by atoms with van der Waals surface area (Å²) in [5.41, 5.74) is 1.58. The number of halogens is 1. The van der Waals surface area contributed by atoms with Gasteiger partial charge in [-0.05, 0) is 26.0 Å². The first-order chi connectivity index (χ1) is 13.3. The van der Waals surface area contributed by atoms with E-state index in [4.69, 9.17) is 11.6 Å². The number of nitrogens with zero attached hydrogens (tertiary/aromatic N) is 5. The van der Waals surface area contributed by atoms with Crippen molar-refractivity contribution in [3.05, 3.63) is 58.7 Å². The largest absolute Gasteiger partial charge is 0.477 e. The lowest BCUT2D eigenvalue weighted by atomic mass is 10.00. The van der Waals surface area contributed by atoms with Gasteiger partial charge in [0.15, 0.2) is 4.96 Å². The molecule has 4 aromatic heterocycles. The molecule has 4 aromatic rings. The maximum absolute atomic E-state index is 11.3. The second kappa shape index (κ2) is 6.84. The van der Waals surface area contributed by atoms with Crippen molar-refractivity contribution in [2.75, 3.05) is 5.32 Å². The third kappa shape index (κ3) is 3.30. The highest BCUT2D eigenvalue weighted by atomic mass is 35.5. The number of imidazole rings is 1. The van der Waals surface area contributed by atoms with Crippen molar-refractivity contribution >= 4 is 39.8 Å². The molecule has 0 aliphatic carbocycles. The van der Waals surface area contributed by atoms with Crippen LogP contribution >= 0.6 is 22.9 Å². The molecule has 2 N–H and O–H groups in total. The molecule has 0 radical (unpaired) electrons. The van der Waals surface area contributed by atoms with E-state index >= 15 is 0 Å². The van der Waals surface area contributed by atoms with Crippen LogP contribution in [-0.2, 0) is 5.54 Å². The Morgan fingerprint density at radius 2 is 2.04 bits per heavy atom. The quantitative estimate of drug-likeness (QED) is 0.509. The Labute approximate surface area is 168 Å². The smallest absolute Gasteiger partial charge is 0.353 e. The van der Waals surface area contributed by atoms with E-state index in [0.29, 0.717) is 32.9 Å². The minimum atomic E-state index is -0.999. The molecule has 4 rings (SSSR count). The second-order valence-corrected chi connectivity index (χ2v) is 7.83. The molecule has 0 saturated carbocycles. The van der Waals surface area contributed by atoms with Crippen LogP contribution in [0.3, 0.4) is 0 Å². The number of thiazole rings is 1. The van der Waals surface area contributed by atoms with E-state index < -0.39 is 11.5 Å². The van der Waals surface area contributed by atoms with E-state index in [1.165, 1.54) is 11.3 Å². The van der Waals surface area contributed by atoms with Gasteiger partial charge in [-0.15, -0.1) is 11.3 Å². The number of carboxylic acid groups (broad SMARTS) is 1. The van der Waals surface area contributed by atoms with Crippen molar-refractivity contribution in [2.24, 2.45) is 0 Å². The number of nitrogens with one attached hydrogen (secondary N) is 1. The second-order valence-electron chi connectivity index (χ2n) is 6.58. The number of rotatable bonds is 5. The van der Waals surface area contributed by atoms with Crippen LogP contribution in [0.25, 0.3) is 16.2 Å². The first-order valence-corrected chi connectivity index (χ1v) is 9.52. The third-order valence-corrected chi connectivity index (χ3v) is 5.30. The number of aromatic carboxylic acids is 1. The van der Waals surface area contributed by atoms with Gasteiger partial charge < -0.3 is 10.4 Å². The third-order valence-electron chi connectivity index (χ3n) is 4.15. The van der Waals surface area contributed by atoms with Crippen LogP contribution in [-0.4, -0.2) is 35.4 Å². The van der Waals surface area contributed by atoms with Gasteiger partial charge in [-0.2, -0.15) is 0 Å². The summed E-state index contributed by atoms with van der Waals surface area (Å²) in [7, 11) is 0. The molecule has 8 nitrogen and oxygen atoms in total. The Morgan fingerprint density at radius 3 is 2.71 bits per heavy atom. The Bertz CT molecular complexity index is 1170. The van der Waals surface area contributed by atoms with Crippen molar-refractivity contribution in [3.8, 4) is 11.3 Å². The molecule has 0 spiro atoms. The molecule has 0 fully saturated rings. The fourth-order valence-electron chi connectivity index (χ4n) is 2.79. The van der Waals surface area contributed by atoms with Gasteiger partial charge >= 0.3 is 5.97 Å². The topological polar surface area (TPSA) is 105 Å². The fourth-order valence-corrected chi connectivity index (χ4v) is 3.99. The number of carboxylic acids is 1. The normalized spacial score (nSPS) is 11.7. The van der Waals surface area contributed by atoms with Crippen molar-refractivity contribution in [1.82, 2.24) is 24.3 Å². The molecular formula is C18H15ClN6O2S. The maximum Gasteiger partial charge on any atom is 0.353 e. The van der Waals surface area contributed by atoms with E-state index in [1.807, 2.05) is 13.8 Å². The SMILES string of the molecule is CC(C)(Nc1ncc(-c2cn3c(C(=O)O)csc3n2)cn1)c1ncccc1Cl. The molecule has 28 heavy (non-hydrogen) atoms. The standard InChI is InChI=1S/C18H15ClN6O2S/c1-18(2,14-11(19)4-3-5-20-14)24-16-21-6-10(7-22-16)12-8-25-13(15(26)27)9-28-17(25)23-12/h3-9H,1-2H3,(H,26,27)(H,21,22,24). The summed E-state index contributed by atoms with van der Waals surface area (Å²) in [4.78, 5) is 29.3. The van der Waals surface area contributed by atoms with Gasteiger partial charge in [0.05, 0.1) is 21.9 Å². The van der Waals surface area contributed by atoms with Crippen LogP contribution in [0, 0.1) is 0 Å². The van der Waals surface area contributed by atoms with Gasteiger partial charge in [0.25, 0.3) is 0 Å². The average molecular weight is 415 g/mol. The molecular weight excluding hydrogens is 400 g/mol. The fraction of sp³-hybridized carbons (Fsp3) is 0.167. The van der Waals surface area contributed by atoms with E-state index in [9.17, 15) is 9.90 Å². The number of hydrogen-bond acceptors (Lipinski definition) is 7. The summed E-state index contributed by atoms with van der Waals surface area (Å²) in [5, 5.41) is 14.6. The first kappa shape index (κ1) is 18.3. The van der Waals surface area contributed by atoms with Gasteiger partial charge in [-0.25, -0.2) is 19.7 Å². The van der Waals surface area contributed by atoms with Crippen LogP contribution in [0.15, 0.2) is 42.3 Å². The molecule has 0 unspecified atom stereocenters. The molecule has 4 heterocycles. The molecule has 0 aliphatic heterocycles. The number of pyridine rings is 1. The zero-order valence-corrected chi connectivity index (χ0v) is 16.5. The van der Waals surface area contributed by atoms with E-state index in [0.717, 1.165) is 0 Å². The van der Waals surface area contributed by atoms with Crippen LogP contribution < -0.4 is 5.32 Å². The van der Waals surface area contributed by atoms with Gasteiger partial charge in [0.2, 0.25) is 5.95 Å². The number of anilines is 1. The molecule has 0 saturated heterocycles. The van der Waals surface area contributed by atoms with Crippen molar-refractivity contribution in [3.63, 3.8) is 0 Å². The summed E-state index contributed by atoms with van der Waals surface area (Å²) < 4.78 is 1.54. The maximum atomic E-state index is 11.3. The zero-order chi connectivity index (χ0) is 19.9. The van der Waals surface area contributed by atoms with Crippen LogP contribution in [0.2, 0.25) is 5.02 Å². The van der Waals surface area contributed by atoms with Gasteiger partial charge in [0, 0.05) is 35.7 Å². The van der Waals surface area contributed by atoms with Crippen LogP contribution in [0.5, 0.6) is 0 Å². The lowest BCUT2D eigenvalue weighted by Crippen LogP contribution is -2.30. The number of fused-ring (bicyclic) bond motifs is 1. The molecule has 0 bridgehead atoms. The van der Waals surface area contributed by atoms with Gasteiger partial charge in [0.1, 0.15) is 5.69 Å². The number of hydrogen-bond donors (Lipinski definition) is 2. The lowest BCUT2D eigenvalue weighted by molar-refractivity contribution is 0.0689. The molecule has 0 atom stereocenters. The van der Waals surface area contributed by atoms with Crippen molar-refractivity contribution < 1.29 is 9.90 Å². The van der Waals surface area contributed by atoms with Crippen LogP contribution in [0.1, 0.15) is 30.0 Å². The van der Waals surface area contributed by atoms with Crippen molar-refractivity contribution in [1.29, 1.82) is 0 Å². The Balaban J connectivity index is 1.59. The van der Waals surface area contributed by atoms with Crippen LogP contribution in [0.4, 0.5) is 5.95 Å². The van der Waals surface area contributed by atoms with Gasteiger partial charge in [-0.3, -0.25) is 9.38 Å². The molecule has 0 aliphatic rings. The highest BCUT2D eigenvalue weighted by molar-refractivity contribution is 7.15. The number of aromatic nitrogens is 5. The summed E-state index contributed by atoms with van der Waals surface area (Å²) in [5.74, 6) is -0.580. The summed E-state index contributed by atoms with van der Waals surface area (Å²) in [6.07, 6.45) is 6.62. The lowest BCUT2D eigenvalue weighted by Gasteiger charge is -2.26. The summed E-state index contributed by atoms with van der Waals surface area (Å²) in [6, 6.07) is 3.56. The Morgan fingerprint density at radius 1 is 1.29 bits per heavy atom. The molecule has 10 heteroatoms. The highest BCUT2D eigenvalue weighted by Gasteiger charge is 2.25. The van der Waals surface area contributed by atoms with E-state index in [2.05, 4.69) is 25.3 Å². The Hall–Kier alpha value is -3.04. The molecule has 142 valence electrons. The molecule has 0 aromatic carbocycles. The number of carbonyl (C=O) groups is 1. The van der Waals surface area contributed by atoms with Crippen molar-refractivity contribution in [2.45, 2.75) is 19.4 Å².